The van der Waals surface area contributed by atoms with Crippen LogP contribution in [0.3, 0.4) is 0 Å². The Bertz CT molecular complexity index is 881. The van der Waals surface area contributed by atoms with Crippen LogP contribution in [0.25, 0.3) is 0 Å². The van der Waals surface area contributed by atoms with Gasteiger partial charge in [0.15, 0.2) is 6.10 Å². The van der Waals surface area contributed by atoms with Gasteiger partial charge in [-0.15, -0.1) is 0 Å². The van der Waals surface area contributed by atoms with Crippen molar-refractivity contribution in [3.05, 3.63) is 64.1 Å². The highest BCUT2D eigenvalue weighted by Gasteiger charge is 2.44. The van der Waals surface area contributed by atoms with Crippen LogP contribution in [-0.4, -0.2) is 20.2 Å². The molecular weight excluding hydrogens is 368 g/mol. The van der Waals surface area contributed by atoms with Crippen molar-refractivity contribution in [2.75, 3.05) is 0 Å². The lowest BCUT2D eigenvalue weighted by molar-refractivity contribution is 0.266. The summed E-state index contributed by atoms with van der Waals surface area (Å²) in [6.07, 6.45) is -0.463. The van der Waals surface area contributed by atoms with Gasteiger partial charge in [-0.1, -0.05) is 46.3 Å². The molecule has 2 aromatic carbocycles. The molecule has 2 atom stereocenters. The molecule has 0 aliphatic carbocycles. The van der Waals surface area contributed by atoms with Crippen molar-refractivity contribution in [2.24, 2.45) is 4.40 Å². The fourth-order valence-corrected chi connectivity index (χ4v) is 4.24. The molecule has 0 spiro atoms. The summed E-state index contributed by atoms with van der Waals surface area (Å²) in [5.74, 6) is 0.673. The van der Waals surface area contributed by atoms with E-state index in [2.05, 4.69) is 25.0 Å². The Labute approximate surface area is 136 Å². The summed E-state index contributed by atoms with van der Waals surface area (Å²) in [7, 11) is -3.75. The van der Waals surface area contributed by atoms with Gasteiger partial charge in [-0.2, -0.15) is 17.5 Å². The molecule has 0 saturated heterocycles. The van der Waals surface area contributed by atoms with Crippen LogP contribution in [-0.2, 0) is 10.2 Å². The highest BCUT2D eigenvalue weighted by Crippen LogP contribution is 2.41. The number of benzene rings is 2. The van der Waals surface area contributed by atoms with E-state index in [0.717, 1.165) is 15.6 Å². The fraction of sp³-hybridized carbons (Fsp3) is 0.133. The third kappa shape index (κ3) is 2.25. The van der Waals surface area contributed by atoms with Gasteiger partial charge in [0.1, 0.15) is 11.5 Å². The maximum atomic E-state index is 12.1. The monoisotopic (exact) mass is 378 g/mol. The minimum absolute atomic E-state index is 0.427. The first-order valence-corrected chi connectivity index (χ1v) is 8.90. The van der Waals surface area contributed by atoms with E-state index in [1.165, 1.54) is 0 Å². The molecule has 0 bridgehead atoms. The Morgan fingerprint density at radius 3 is 2.68 bits per heavy atom. The average Bonchev–Trinajstić information content (AvgIpc) is 2.84. The van der Waals surface area contributed by atoms with Gasteiger partial charge in [0.05, 0.1) is 6.04 Å². The van der Waals surface area contributed by atoms with Gasteiger partial charge in [0, 0.05) is 15.6 Å². The second-order valence-corrected chi connectivity index (χ2v) is 7.42. The molecule has 2 unspecified atom stereocenters. The van der Waals surface area contributed by atoms with Crippen LogP contribution in [0.4, 0.5) is 0 Å². The number of hydrogen-bond donors (Lipinski definition) is 1. The van der Waals surface area contributed by atoms with Crippen molar-refractivity contribution in [3.63, 3.8) is 0 Å². The highest BCUT2D eigenvalue weighted by atomic mass is 79.9. The van der Waals surface area contributed by atoms with Gasteiger partial charge in [-0.3, -0.25) is 0 Å². The Hall–Kier alpha value is -1.70. The molecule has 2 aliphatic heterocycles. The number of fused-ring (bicyclic) bond motifs is 3. The number of halogens is 1. The van der Waals surface area contributed by atoms with E-state index in [9.17, 15) is 8.42 Å². The van der Waals surface area contributed by atoms with Crippen molar-refractivity contribution >= 4 is 31.9 Å². The summed E-state index contributed by atoms with van der Waals surface area (Å²) in [4.78, 5) is 0. The van der Waals surface area contributed by atoms with Gasteiger partial charge < -0.3 is 4.74 Å². The van der Waals surface area contributed by atoms with E-state index in [0.29, 0.717) is 11.5 Å². The van der Waals surface area contributed by atoms with Crippen LogP contribution in [0.2, 0.25) is 0 Å². The first-order valence-electron chi connectivity index (χ1n) is 6.67. The molecule has 0 radical (unpaired) electrons. The van der Waals surface area contributed by atoms with E-state index >= 15 is 0 Å². The van der Waals surface area contributed by atoms with E-state index in [-0.39, 0.29) is 0 Å². The summed E-state index contributed by atoms with van der Waals surface area (Å²) < 4.78 is 37.5. The molecular formula is C15H11BrN2O3S. The molecule has 2 aliphatic rings. The molecule has 0 fully saturated rings. The number of rotatable bonds is 1. The van der Waals surface area contributed by atoms with Crippen LogP contribution >= 0.6 is 15.9 Å². The molecule has 1 N–H and O–H groups in total. The Morgan fingerprint density at radius 1 is 1.14 bits per heavy atom. The maximum absolute atomic E-state index is 12.1. The molecule has 2 aromatic rings. The predicted molar refractivity (Wildman–Crippen MR) is 86.3 cm³/mol. The molecule has 5 nitrogen and oxygen atoms in total. The lowest BCUT2D eigenvalue weighted by Crippen LogP contribution is -2.44. The summed E-state index contributed by atoms with van der Waals surface area (Å²) in [6.45, 7) is 0. The normalized spacial score (nSPS) is 24.9. The summed E-state index contributed by atoms with van der Waals surface area (Å²) in [5, 5.41) is 0. The Morgan fingerprint density at radius 2 is 1.91 bits per heavy atom. The van der Waals surface area contributed by atoms with Gasteiger partial charge in [-0.05, 0) is 18.2 Å². The van der Waals surface area contributed by atoms with Crippen molar-refractivity contribution < 1.29 is 13.2 Å². The number of ether oxygens (including phenoxy) is 1. The molecule has 112 valence electrons. The van der Waals surface area contributed by atoms with E-state index < -0.39 is 22.4 Å². The minimum atomic E-state index is -3.75. The standard InChI is InChI=1S/C15H11BrN2O3S/c16-10-6-7-12-11(8-10)14-15(21-12)13(17-22(19,20)18-14)9-4-2-1-3-5-9/h1-8,14-15,18H. The average molecular weight is 379 g/mol. The number of hydrogen-bond acceptors (Lipinski definition) is 3. The second kappa shape index (κ2) is 4.91. The van der Waals surface area contributed by atoms with E-state index in [4.69, 9.17) is 4.74 Å². The largest absolute Gasteiger partial charge is 0.482 e. The zero-order valence-electron chi connectivity index (χ0n) is 11.2. The Balaban J connectivity index is 1.87. The van der Waals surface area contributed by atoms with Crippen LogP contribution < -0.4 is 9.46 Å². The lowest BCUT2D eigenvalue weighted by atomic mass is 9.97. The van der Waals surface area contributed by atoms with Crippen LogP contribution in [0.1, 0.15) is 17.2 Å². The summed E-state index contributed by atoms with van der Waals surface area (Å²) >= 11 is 3.41. The van der Waals surface area contributed by atoms with Crippen LogP contribution in [0.15, 0.2) is 57.4 Å². The van der Waals surface area contributed by atoms with Gasteiger partial charge in [-0.25, -0.2) is 0 Å². The predicted octanol–water partition coefficient (Wildman–Crippen LogP) is 2.59. The Kier molecular flexibility index (Phi) is 3.11. The highest BCUT2D eigenvalue weighted by molar-refractivity contribution is 9.10. The number of nitrogens with zero attached hydrogens (tertiary/aromatic N) is 1. The first-order chi connectivity index (χ1) is 10.5. The third-order valence-electron chi connectivity index (χ3n) is 3.70. The lowest BCUT2D eigenvalue weighted by Gasteiger charge is -2.25. The maximum Gasteiger partial charge on any atom is 0.320 e. The van der Waals surface area contributed by atoms with Crippen molar-refractivity contribution in [3.8, 4) is 5.75 Å². The molecule has 4 rings (SSSR count). The van der Waals surface area contributed by atoms with Gasteiger partial charge in [0.25, 0.3) is 0 Å². The molecule has 22 heavy (non-hydrogen) atoms. The van der Waals surface area contributed by atoms with Gasteiger partial charge in [0.2, 0.25) is 0 Å². The fourth-order valence-electron chi connectivity index (χ4n) is 2.77. The van der Waals surface area contributed by atoms with Gasteiger partial charge >= 0.3 is 10.2 Å². The topological polar surface area (TPSA) is 67.8 Å². The van der Waals surface area contributed by atoms with Crippen LogP contribution in [0.5, 0.6) is 5.75 Å². The quantitative estimate of drug-likeness (QED) is 0.828. The third-order valence-corrected chi connectivity index (χ3v) is 5.18. The molecule has 0 saturated carbocycles. The molecule has 7 heteroatoms. The van der Waals surface area contributed by atoms with Crippen molar-refractivity contribution in [2.45, 2.75) is 12.1 Å². The minimum Gasteiger partial charge on any atom is -0.482 e. The number of nitrogens with one attached hydrogen (secondary N) is 1. The molecule has 0 aromatic heterocycles. The first kappa shape index (κ1) is 13.9. The smallest absolute Gasteiger partial charge is 0.320 e. The summed E-state index contributed by atoms with van der Waals surface area (Å²) in [6, 6.07) is 14.3. The van der Waals surface area contributed by atoms with Crippen molar-refractivity contribution in [1.29, 1.82) is 0 Å². The van der Waals surface area contributed by atoms with Crippen molar-refractivity contribution in [1.82, 2.24) is 4.72 Å². The second-order valence-electron chi connectivity index (χ2n) is 5.13. The molecule has 0 amide bonds. The summed E-state index contributed by atoms with van der Waals surface area (Å²) in [5.41, 5.74) is 1.98. The zero-order valence-corrected chi connectivity index (χ0v) is 13.6. The zero-order chi connectivity index (χ0) is 15.3. The van der Waals surface area contributed by atoms with Crippen LogP contribution in [0, 0.1) is 0 Å². The molecule has 2 heterocycles. The van der Waals surface area contributed by atoms with E-state index in [1.54, 1.807) is 0 Å². The SMILES string of the molecule is O=S1(=O)N=C(c2ccccc2)C2Oc3ccc(Br)cc3C2N1. The van der Waals surface area contributed by atoms with E-state index in [1.807, 2.05) is 48.5 Å².